The standard InChI is InChI=1S/C12H15ClFNO/c13-9-6-8(4-5-10(9)14)11(15)12(16)7-2-1-3-7/h4-7,11-12,16H,1-3,15H2/t11-,12+/m0/s1. The highest BCUT2D eigenvalue weighted by molar-refractivity contribution is 6.30. The summed E-state index contributed by atoms with van der Waals surface area (Å²) in [7, 11) is 0. The van der Waals surface area contributed by atoms with E-state index in [1.807, 2.05) is 0 Å². The predicted octanol–water partition coefficient (Wildman–Crippen LogP) is 2.64. The molecule has 0 bridgehead atoms. The highest BCUT2D eigenvalue weighted by Crippen LogP contribution is 2.34. The Hall–Kier alpha value is -0.640. The number of aliphatic hydroxyl groups is 1. The van der Waals surface area contributed by atoms with E-state index >= 15 is 0 Å². The van der Waals surface area contributed by atoms with E-state index in [2.05, 4.69) is 0 Å². The van der Waals surface area contributed by atoms with Crippen LogP contribution < -0.4 is 5.73 Å². The Morgan fingerprint density at radius 2 is 2.12 bits per heavy atom. The molecule has 16 heavy (non-hydrogen) atoms. The molecule has 2 atom stereocenters. The average Bonchev–Trinajstić information content (AvgIpc) is 2.18. The third-order valence-electron chi connectivity index (χ3n) is 3.33. The van der Waals surface area contributed by atoms with Crippen LogP contribution in [0.15, 0.2) is 18.2 Å². The molecule has 1 fully saturated rings. The first-order chi connectivity index (χ1) is 7.59. The van der Waals surface area contributed by atoms with Gasteiger partial charge in [0, 0.05) is 0 Å². The lowest BCUT2D eigenvalue weighted by Crippen LogP contribution is -2.36. The highest BCUT2D eigenvalue weighted by atomic mass is 35.5. The summed E-state index contributed by atoms with van der Waals surface area (Å²) >= 11 is 5.68. The van der Waals surface area contributed by atoms with Gasteiger partial charge in [0.2, 0.25) is 0 Å². The Bertz CT molecular complexity index is 381. The van der Waals surface area contributed by atoms with Crippen LogP contribution in [0.5, 0.6) is 0 Å². The molecule has 0 amide bonds. The summed E-state index contributed by atoms with van der Waals surface area (Å²) in [4.78, 5) is 0. The van der Waals surface area contributed by atoms with Crippen molar-refractivity contribution in [3.63, 3.8) is 0 Å². The molecule has 1 aromatic rings. The van der Waals surface area contributed by atoms with Gasteiger partial charge in [-0.3, -0.25) is 0 Å². The zero-order valence-electron chi connectivity index (χ0n) is 8.87. The SMILES string of the molecule is N[C@@H](c1ccc(F)c(Cl)c1)[C@H](O)C1CCC1. The number of nitrogens with two attached hydrogens (primary N) is 1. The first-order valence-electron chi connectivity index (χ1n) is 5.48. The number of halogens is 2. The molecule has 0 saturated heterocycles. The summed E-state index contributed by atoms with van der Waals surface area (Å²) < 4.78 is 13.0. The lowest BCUT2D eigenvalue weighted by atomic mass is 9.77. The van der Waals surface area contributed by atoms with Gasteiger partial charge in [-0.1, -0.05) is 24.1 Å². The molecule has 1 aliphatic carbocycles. The van der Waals surface area contributed by atoms with Crippen LogP contribution in [0.1, 0.15) is 30.9 Å². The van der Waals surface area contributed by atoms with E-state index in [0.717, 1.165) is 19.3 Å². The van der Waals surface area contributed by atoms with Crippen molar-refractivity contribution in [3.05, 3.63) is 34.6 Å². The second-order valence-corrected chi connectivity index (χ2v) is 4.79. The van der Waals surface area contributed by atoms with Gasteiger partial charge in [-0.2, -0.15) is 0 Å². The molecule has 0 heterocycles. The molecule has 4 heteroatoms. The Kier molecular flexibility index (Phi) is 3.47. The van der Waals surface area contributed by atoms with Crippen molar-refractivity contribution >= 4 is 11.6 Å². The van der Waals surface area contributed by atoms with Crippen LogP contribution in [0.2, 0.25) is 5.02 Å². The minimum atomic E-state index is -0.560. The number of rotatable bonds is 3. The fourth-order valence-corrected chi connectivity index (χ4v) is 2.18. The van der Waals surface area contributed by atoms with E-state index < -0.39 is 18.0 Å². The summed E-state index contributed by atoms with van der Waals surface area (Å²) in [6.07, 6.45) is 2.63. The van der Waals surface area contributed by atoms with Gasteiger partial charge in [0.1, 0.15) is 5.82 Å². The first kappa shape index (κ1) is 11.8. The quantitative estimate of drug-likeness (QED) is 0.857. The Morgan fingerprint density at radius 1 is 1.44 bits per heavy atom. The molecule has 0 aliphatic heterocycles. The van der Waals surface area contributed by atoms with Gasteiger partial charge < -0.3 is 10.8 Å². The van der Waals surface area contributed by atoms with Gasteiger partial charge >= 0.3 is 0 Å². The van der Waals surface area contributed by atoms with Gasteiger partial charge in [-0.25, -0.2) is 4.39 Å². The predicted molar refractivity (Wildman–Crippen MR) is 61.7 cm³/mol. The fourth-order valence-electron chi connectivity index (χ4n) is 1.99. The van der Waals surface area contributed by atoms with Gasteiger partial charge in [0.05, 0.1) is 17.2 Å². The zero-order valence-corrected chi connectivity index (χ0v) is 9.62. The van der Waals surface area contributed by atoms with Gasteiger partial charge in [0.15, 0.2) is 0 Å². The minimum Gasteiger partial charge on any atom is -0.391 e. The van der Waals surface area contributed by atoms with Crippen molar-refractivity contribution in [2.75, 3.05) is 0 Å². The van der Waals surface area contributed by atoms with Crippen LogP contribution >= 0.6 is 11.6 Å². The van der Waals surface area contributed by atoms with E-state index in [0.29, 0.717) is 5.56 Å². The number of hydrogen-bond acceptors (Lipinski definition) is 2. The topological polar surface area (TPSA) is 46.2 Å². The Morgan fingerprint density at radius 3 is 2.62 bits per heavy atom. The van der Waals surface area contributed by atoms with Crippen molar-refractivity contribution in [3.8, 4) is 0 Å². The van der Waals surface area contributed by atoms with E-state index in [9.17, 15) is 9.50 Å². The summed E-state index contributed by atoms with van der Waals surface area (Å²) in [5.41, 5.74) is 6.62. The molecular weight excluding hydrogens is 229 g/mol. The maximum atomic E-state index is 13.0. The molecule has 1 aliphatic rings. The lowest BCUT2D eigenvalue weighted by Gasteiger charge is -2.33. The van der Waals surface area contributed by atoms with Gasteiger partial charge in [-0.15, -0.1) is 0 Å². The smallest absolute Gasteiger partial charge is 0.141 e. The molecule has 2 nitrogen and oxygen atoms in total. The van der Waals surface area contributed by atoms with Crippen molar-refractivity contribution < 1.29 is 9.50 Å². The maximum absolute atomic E-state index is 13.0. The molecule has 0 unspecified atom stereocenters. The van der Waals surface area contributed by atoms with E-state index in [-0.39, 0.29) is 10.9 Å². The molecule has 0 radical (unpaired) electrons. The Labute approximate surface area is 99.2 Å². The van der Waals surface area contributed by atoms with E-state index in [4.69, 9.17) is 17.3 Å². The lowest BCUT2D eigenvalue weighted by molar-refractivity contribution is 0.0413. The second-order valence-electron chi connectivity index (χ2n) is 4.38. The normalized spacial score (nSPS) is 20.2. The maximum Gasteiger partial charge on any atom is 0.141 e. The average molecular weight is 244 g/mol. The van der Waals surface area contributed by atoms with Crippen LogP contribution in [0, 0.1) is 11.7 Å². The minimum absolute atomic E-state index is 0.0498. The van der Waals surface area contributed by atoms with E-state index in [1.54, 1.807) is 6.07 Å². The van der Waals surface area contributed by atoms with Crippen molar-refractivity contribution in [1.29, 1.82) is 0 Å². The van der Waals surface area contributed by atoms with Gasteiger partial charge in [-0.05, 0) is 36.5 Å². The van der Waals surface area contributed by atoms with Crippen LogP contribution in [0.4, 0.5) is 4.39 Å². The highest BCUT2D eigenvalue weighted by Gasteiger charge is 2.30. The molecule has 2 rings (SSSR count). The van der Waals surface area contributed by atoms with Crippen molar-refractivity contribution in [1.82, 2.24) is 0 Å². The number of hydrogen-bond donors (Lipinski definition) is 2. The molecule has 0 aromatic heterocycles. The largest absolute Gasteiger partial charge is 0.391 e. The molecule has 1 saturated carbocycles. The molecular formula is C12H15ClFNO. The number of aliphatic hydroxyl groups excluding tert-OH is 1. The summed E-state index contributed by atoms with van der Waals surface area (Å²) in [6.45, 7) is 0. The van der Waals surface area contributed by atoms with Crippen LogP contribution in [-0.2, 0) is 0 Å². The van der Waals surface area contributed by atoms with Gasteiger partial charge in [0.25, 0.3) is 0 Å². The van der Waals surface area contributed by atoms with Crippen LogP contribution in [0.3, 0.4) is 0 Å². The van der Waals surface area contributed by atoms with Crippen LogP contribution in [-0.4, -0.2) is 11.2 Å². The van der Waals surface area contributed by atoms with Crippen LogP contribution in [0.25, 0.3) is 0 Å². The monoisotopic (exact) mass is 243 g/mol. The first-order valence-corrected chi connectivity index (χ1v) is 5.86. The third kappa shape index (κ3) is 2.21. The van der Waals surface area contributed by atoms with Crippen molar-refractivity contribution in [2.24, 2.45) is 11.7 Å². The second kappa shape index (κ2) is 4.70. The number of benzene rings is 1. The fraction of sp³-hybridized carbons (Fsp3) is 0.500. The van der Waals surface area contributed by atoms with Crippen molar-refractivity contribution in [2.45, 2.75) is 31.4 Å². The molecule has 88 valence electrons. The molecule has 3 N–H and O–H groups in total. The molecule has 1 aromatic carbocycles. The zero-order chi connectivity index (χ0) is 11.7. The third-order valence-corrected chi connectivity index (χ3v) is 3.62. The Balaban J connectivity index is 2.12. The summed E-state index contributed by atoms with van der Waals surface area (Å²) in [5.74, 6) is -0.186. The summed E-state index contributed by atoms with van der Waals surface area (Å²) in [6, 6.07) is 3.87. The summed E-state index contributed by atoms with van der Waals surface area (Å²) in [5, 5.41) is 10.0. The van der Waals surface area contributed by atoms with E-state index in [1.165, 1.54) is 12.1 Å². The molecule has 0 spiro atoms.